The van der Waals surface area contributed by atoms with Crippen molar-refractivity contribution in [2.45, 2.75) is 45.2 Å². The first-order valence-electron chi connectivity index (χ1n) is 8.03. The summed E-state index contributed by atoms with van der Waals surface area (Å²) in [7, 11) is 0. The summed E-state index contributed by atoms with van der Waals surface area (Å²) < 4.78 is 0. The molecule has 0 saturated carbocycles. The van der Waals surface area contributed by atoms with Gasteiger partial charge in [0.1, 0.15) is 0 Å². The lowest BCUT2D eigenvalue weighted by atomic mass is 10.0. The fourth-order valence-electron chi connectivity index (χ4n) is 2.65. The maximum atomic E-state index is 12.3. The summed E-state index contributed by atoms with van der Waals surface area (Å²) in [6, 6.07) is 7.48. The lowest BCUT2D eigenvalue weighted by molar-refractivity contribution is -0.131. The van der Waals surface area contributed by atoms with E-state index < -0.39 is 0 Å². The number of likely N-dealkylation sites (tertiary alicyclic amines) is 1. The van der Waals surface area contributed by atoms with E-state index in [2.05, 4.69) is 10.6 Å². The molecule has 23 heavy (non-hydrogen) atoms. The normalized spacial score (nSPS) is 15.6. The van der Waals surface area contributed by atoms with Gasteiger partial charge < -0.3 is 15.5 Å². The molecule has 0 radical (unpaired) electrons. The molecule has 0 atom stereocenters. The molecule has 0 aliphatic carbocycles. The second-order valence-corrected chi connectivity index (χ2v) is 6.67. The topological polar surface area (TPSA) is 61.4 Å². The molecule has 2 rings (SSSR count). The Balaban J connectivity index is 1.76. The van der Waals surface area contributed by atoms with Gasteiger partial charge in [0.25, 0.3) is 0 Å². The molecule has 1 aliphatic heterocycles. The molecule has 3 amide bonds. The Labute approximate surface area is 142 Å². The van der Waals surface area contributed by atoms with Crippen LogP contribution in [0.5, 0.6) is 0 Å². The summed E-state index contributed by atoms with van der Waals surface area (Å²) in [6.45, 7) is 5.22. The van der Waals surface area contributed by atoms with Crippen molar-refractivity contribution in [1.29, 1.82) is 0 Å². The highest BCUT2D eigenvalue weighted by molar-refractivity contribution is 6.30. The first-order valence-corrected chi connectivity index (χ1v) is 8.41. The zero-order chi connectivity index (χ0) is 16.8. The first kappa shape index (κ1) is 17.6. The summed E-state index contributed by atoms with van der Waals surface area (Å²) in [5.74, 6) is 0.123. The molecule has 0 unspecified atom stereocenters. The number of halogens is 1. The van der Waals surface area contributed by atoms with E-state index in [4.69, 9.17) is 11.6 Å². The van der Waals surface area contributed by atoms with Crippen LogP contribution in [0.25, 0.3) is 0 Å². The number of piperidine rings is 1. The Morgan fingerprint density at radius 2 is 1.83 bits per heavy atom. The van der Waals surface area contributed by atoms with E-state index in [0.29, 0.717) is 24.5 Å². The number of benzene rings is 1. The molecule has 0 bridgehead atoms. The minimum atomic E-state index is -0.133. The van der Waals surface area contributed by atoms with Gasteiger partial charge in [0.05, 0.1) is 6.42 Å². The standard InChI is InChI=1S/C17H24ClN3O2/c1-12(2)19-17(23)20-15-7-9-21(10-8-15)16(22)11-13-3-5-14(18)6-4-13/h3-6,12,15H,7-11H2,1-2H3,(H2,19,20,23). The molecule has 0 spiro atoms. The van der Waals surface area contributed by atoms with Gasteiger partial charge >= 0.3 is 6.03 Å². The highest BCUT2D eigenvalue weighted by Gasteiger charge is 2.23. The van der Waals surface area contributed by atoms with Crippen LogP contribution in [0.15, 0.2) is 24.3 Å². The van der Waals surface area contributed by atoms with Gasteiger partial charge in [0, 0.05) is 30.2 Å². The summed E-state index contributed by atoms with van der Waals surface area (Å²) in [5, 5.41) is 6.46. The molecule has 6 heteroatoms. The van der Waals surface area contributed by atoms with Crippen LogP contribution in [0.3, 0.4) is 0 Å². The quantitative estimate of drug-likeness (QED) is 0.887. The Morgan fingerprint density at radius 1 is 1.22 bits per heavy atom. The highest BCUT2D eigenvalue weighted by atomic mass is 35.5. The first-order chi connectivity index (χ1) is 10.9. The van der Waals surface area contributed by atoms with Crippen molar-refractivity contribution in [3.63, 3.8) is 0 Å². The average Bonchev–Trinajstić information content (AvgIpc) is 2.49. The van der Waals surface area contributed by atoms with Crippen molar-refractivity contribution in [3.05, 3.63) is 34.9 Å². The van der Waals surface area contributed by atoms with Crippen molar-refractivity contribution >= 4 is 23.5 Å². The summed E-state index contributed by atoms with van der Waals surface area (Å²) >= 11 is 5.85. The predicted molar refractivity (Wildman–Crippen MR) is 91.6 cm³/mol. The third kappa shape index (κ3) is 5.75. The van der Waals surface area contributed by atoms with Crippen LogP contribution in [0, 0.1) is 0 Å². The smallest absolute Gasteiger partial charge is 0.315 e. The van der Waals surface area contributed by atoms with Crippen LogP contribution in [0.1, 0.15) is 32.3 Å². The van der Waals surface area contributed by atoms with E-state index >= 15 is 0 Å². The van der Waals surface area contributed by atoms with Crippen LogP contribution in [-0.2, 0) is 11.2 Å². The molecular weight excluding hydrogens is 314 g/mol. The fourth-order valence-corrected chi connectivity index (χ4v) is 2.78. The van der Waals surface area contributed by atoms with Gasteiger partial charge in [-0.2, -0.15) is 0 Å². The van der Waals surface area contributed by atoms with Crippen molar-refractivity contribution in [1.82, 2.24) is 15.5 Å². The largest absolute Gasteiger partial charge is 0.342 e. The van der Waals surface area contributed by atoms with E-state index in [1.54, 1.807) is 12.1 Å². The van der Waals surface area contributed by atoms with Crippen molar-refractivity contribution in [2.24, 2.45) is 0 Å². The van der Waals surface area contributed by atoms with Gasteiger partial charge in [0.2, 0.25) is 5.91 Å². The predicted octanol–water partition coefficient (Wildman–Crippen LogP) is 2.58. The average molecular weight is 338 g/mol. The molecule has 126 valence electrons. The lowest BCUT2D eigenvalue weighted by Gasteiger charge is -2.32. The number of nitrogens with zero attached hydrogens (tertiary/aromatic N) is 1. The molecule has 1 aromatic rings. The van der Waals surface area contributed by atoms with Gasteiger partial charge in [0.15, 0.2) is 0 Å². The minimum Gasteiger partial charge on any atom is -0.342 e. The van der Waals surface area contributed by atoms with Crippen LogP contribution in [-0.4, -0.2) is 42.0 Å². The van der Waals surface area contributed by atoms with Crippen LogP contribution in [0.2, 0.25) is 5.02 Å². The molecule has 1 aromatic carbocycles. The Kier molecular flexibility index (Phi) is 6.28. The third-order valence-corrected chi connectivity index (χ3v) is 4.12. The number of carbonyl (C=O) groups excluding carboxylic acids is 2. The minimum absolute atomic E-state index is 0.121. The summed E-state index contributed by atoms with van der Waals surface area (Å²) in [5.41, 5.74) is 0.968. The van der Waals surface area contributed by atoms with Gasteiger partial charge in [-0.1, -0.05) is 23.7 Å². The van der Waals surface area contributed by atoms with E-state index in [-0.39, 0.29) is 24.0 Å². The number of urea groups is 1. The molecule has 1 fully saturated rings. The van der Waals surface area contributed by atoms with Crippen molar-refractivity contribution < 1.29 is 9.59 Å². The van der Waals surface area contributed by atoms with Crippen LogP contribution in [0.4, 0.5) is 4.79 Å². The molecule has 0 aromatic heterocycles. The monoisotopic (exact) mass is 337 g/mol. The van der Waals surface area contributed by atoms with E-state index in [1.165, 1.54) is 0 Å². The molecule has 2 N–H and O–H groups in total. The molecule has 1 aliphatic rings. The van der Waals surface area contributed by atoms with E-state index in [1.807, 2.05) is 30.9 Å². The molecule has 5 nitrogen and oxygen atoms in total. The molecule has 1 saturated heterocycles. The molecular formula is C17H24ClN3O2. The zero-order valence-electron chi connectivity index (χ0n) is 13.6. The second-order valence-electron chi connectivity index (χ2n) is 6.23. The number of amides is 3. The van der Waals surface area contributed by atoms with E-state index in [9.17, 15) is 9.59 Å². The lowest BCUT2D eigenvalue weighted by Crippen LogP contribution is -2.50. The Hall–Kier alpha value is -1.75. The van der Waals surface area contributed by atoms with Crippen LogP contribution >= 0.6 is 11.6 Å². The highest BCUT2D eigenvalue weighted by Crippen LogP contribution is 2.14. The number of hydrogen-bond donors (Lipinski definition) is 2. The van der Waals surface area contributed by atoms with Crippen molar-refractivity contribution in [3.8, 4) is 0 Å². The second kappa shape index (κ2) is 8.20. The third-order valence-electron chi connectivity index (χ3n) is 3.87. The maximum Gasteiger partial charge on any atom is 0.315 e. The number of carbonyl (C=O) groups is 2. The number of hydrogen-bond acceptors (Lipinski definition) is 2. The molecule has 1 heterocycles. The van der Waals surface area contributed by atoms with Gasteiger partial charge in [-0.3, -0.25) is 4.79 Å². The Bertz CT molecular complexity index is 537. The fraction of sp³-hybridized carbons (Fsp3) is 0.529. The number of nitrogens with one attached hydrogen (secondary N) is 2. The SMILES string of the molecule is CC(C)NC(=O)NC1CCN(C(=O)Cc2ccc(Cl)cc2)CC1. The number of rotatable bonds is 4. The van der Waals surface area contributed by atoms with E-state index in [0.717, 1.165) is 18.4 Å². The Morgan fingerprint density at radius 3 is 2.39 bits per heavy atom. The zero-order valence-corrected chi connectivity index (χ0v) is 14.4. The van der Waals surface area contributed by atoms with Gasteiger partial charge in [-0.05, 0) is 44.4 Å². The summed E-state index contributed by atoms with van der Waals surface area (Å²) in [4.78, 5) is 25.9. The summed E-state index contributed by atoms with van der Waals surface area (Å²) in [6.07, 6.45) is 1.97. The van der Waals surface area contributed by atoms with Crippen molar-refractivity contribution in [2.75, 3.05) is 13.1 Å². The maximum absolute atomic E-state index is 12.3. The van der Waals surface area contributed by atoms with Crippen LogP contribution < -0.4 is 10.6 Å². The van der Waals surface area contributed by atoms with Gasteiger partial charge in [-0.25, -0.2) is 4.79 Å². The van der Waals surface area contributed by atoms with Gasteiger partial charge in [-0.15, -0.1) is 0 Å².